The minimum atomic E-state index is 0.634. The highest BCUT2D eigenvalue weighted by molar-refractivity contribution is 7.99. The van der Waals surface area contributed by atoms with Crippen LogP contribution in [0.3, 0.4) is 0 Å². The minimum Gasteiger partial charge on any atom is -0.364 e. The van der Waals surface area contributed by atoms with Crippen molar-refractivity contribution in [2.75, 3.05) is 29.5 Å². The second-order valence-corrected chi connectivity index (χ2v) is 5.03. The summed E-state index contributed by atoms with van der Waals surface area (Å²) in [4.78, 5) is 2.40. The van der Waals surface area contributed by atoms with E-state index in [1.54, 1.807) is 0 Å². The standard InChI is InChI=1S/C10H18N4S/c1-8-10(6-12-13-8)14(4-3-11)9-2-5-15-7-9/h6,9H,2-5,7,11H2,1H3,(H,12,13). The first kappa shape index (κ1) is 10.8. The molecule has 1 fully saturated rings. The van der Waals surface area contributed by atoms with Gasteiger partial charge in [0.05, 0.1) is 17.6 Å². The zero-order valence-corrected chi connectivity index (χ0v) is 9.89. The minimum absolute atomic E-state index is 0.634. The normalized spacial score (nSPS) is 20.8. The molecule has 0 spiro atoms. The lowest BCUT2D eigenvalue weighted by Gasteiger charge is -2.29. The van der Waals surface area contributed by atoms with Crippen LogP contribution in [0.1, 0.15) is 12.1 Å². The van der Waals surface area contributed by atoms with E-state index in [9.17, 15) is 0 Å². The molecule has 0 radical (unpaired) electrons. The highest BCUT2D eigenvalue weighted by atomic mass is 32.2. The van der Waals surface area contributed by atoms with Gasteiger partial charge in [0.2, 0.25) is 0 Å². The Morgan fingerprint density at radius 2 is 2.60 bits per heavy atom. The first-order chi connectivity index (χ1) is 7.33. The maximum atomic E-state index is 5.67. The van der Waals surface area contributed by atoms with Crippen molar-refractivity contribution in [3.8, 4) is 0 Å². The fourth-order valence-corrected chi connectivity index (χ4v) is 3.26. The van der Waals surface area contributed by atoms with E-state index in [0.29, 0.717) is 12.6 Å². The summed E-state index contributed by atoms with van der Waals surface area (Å²) in [5.74, 6) is 2.48. The summed E-state index contributed by atoms with van der Waals surface area (Å²) in [6.45, 7) is 3.69. The molecule has 0 amide bonds. The SMILES string of the molecule is Cc1[nH]ncc1N(CCN)C1CCSC1. The number of anilines is 1. The Kier molecular flexibility index (Phi) is 3.53. The number of aromatic amines is 1. The van der Waals surface area contributed by atoms with Gasteiger partial charge in [-0.3, -0.25) is 5.10 Å². The zero-order chi connectivity index (χ0) is 10.7. The number of hydrogen-bond acceptors (Lipinski definition) is 4. The van der Waals surface area contributed by atoms with Crippen molar-refractivity contribution in [3.63, 3.8) is 0 Å². The van der Waals surface area contributed by atoms with E-state index in [2.05, 4.69) is 22.0 Å². The molecule has 1 aliphatic rings. The van der Waals surface area contributed by atoms with E-state index in [4.69, 9.17) is 5.73 Å². The molecule has 0 saturated carbocycles. The molecule has 1 aromatic rings. The van der Waals surface area contributed by atoms with Gasteiger partial charge in [0.1, 0.15) is 0 Å². The fourth-order valence-electron chi connectivity index (χ4n) is 2.04. The third-order valence-electron chi connectivity index (χ3n) is 2.83. The molecule has 2 heterocycles. The van der Waals surface area contributed by atoms with Crippen LogP contribution in [-0.4, -0.2) is 40.8 Å². The Morgan fingerprint density at radius 1 is 1.73 bits per heavy atom. The largest absolute Gasteiger partial charge is 0.364 e. The van der Waals surface area contributed by atoms with Gasteiger partial charge in [-0.15, -0.1) is 0 Å². The van der Waals surface area contributed by atoms with Crippen LogP contribution < -0.4 is 10.6 Å². The van der Waals surface area contributed by atoms with Gasteiger partial charge in [-0.2, -0.15) is 16.9 Å². The van der Waals surface area contributed by atoms with Crippen LogP contribution >= 0.6 is 11.8 Å². The number of nitrogens with zero attached hydrogens (tertiary/aromatic N) is 2. The average Bonchev–Trinajstić information content (AvgIpc) is 2.85. The lowest BCUT2D eigenvalue weighted by molar-refractivity contribution is 0.645. The average molecular weight is 226 g/mol. The molecule has 0 bridgehead atoms. The Morgan fingerprint density at radius 3 is 3.13 bits per heavy atom. The maximum Gasteiger partial charge on any atom is 0.0782 e. The number of nitrogens with two attached hydrogens (primary N) is 1. The smallest absolute Gasteiger partial charge is 0.0782 e. The van der Waals surface area contributed by atoms with E-state index in [0.717, 1.165) is 12.2 Å². The summed E-state index contributed by atoms with van der Waals surface area (Å²) >= 11 is 2.03. The quantitative estimate of drug-likeness (QED) is 0.804. The number of nitrogens with one attached hydrogen (secondary N) is 1. The topological polar surface area (TPSA) is 57.9 Å². The first-order valence-electron chi connectivity index (χ1n) is 5.37. The van der Waals surface area contributed by atoms with E-state index >= 15 is 0 Å². The van der Waals surface area contributed by atoms with E-state index in [-0.39, 0.29) is 0 Å². The van der Waals surface area contributed by atoms with Crippen molar-refractivity contribution in [1.29, 1.82) is 0 Å². The molecular formula is C10H18N4S. The van der Waals surface area contributed by atoms with Crippen molar-refractivity contribution in [2.24, 2.45) is 5.73 Å². The summed E-state index contributed by atoms with van der Waals surface area (Å²) < 4.78 is 0. The molecule has 1 aromatic heterocycles. The van der Waals surface area contributed by atoms with Crippen molar-refractivity contribution >= 4 is 17.4 Å². The van der Waals surface area contributed by atoms with Gasteiger partial charge < -0.3 is 10.6 Å². The van der Waals surface area contributed by atoms with Crippen LogP contribution in [0, 0.1) is 6.92 Å². The Hall–Kier alpha value is -0.680. The number of rotatable bonds is 4. The molecule has 1 saturated heterocycles. The van der Waals surface area contributed by atoms with Crippen LogP contribution in [-0.2, 0) is 0 Å². The monoisotopic (exact) mass is 226 g/mol. The van der Waals surface area contributed by atoms with E-state index in [1.807, 2.05) is 18.0 Å². The van der Waals surface area contributed by atoms with E-state index < -0.39 is 0 Å². The number of thioether (sulfide) groups is 1. The second-order valence-electron chi connectivity index (χ2n) is 3.88. The van der Waals surface area contributed by atoms with Crippen molar-refractivity contribution < 1.29 is 0 Å². The first-order valence-corrected chi connectivity index (χ1v) is 6.53. The maximum absolute atomic E-state index is 5.67. The molecule has 15 heavy (non-hydrogen) atoms. The Labute approximate surface area is 94.6 Å². The lowest BCUT2D eigenvalue weighted by Crippen LogP contribution is -2.39. The summed E-state index contributed by atoms with van der Waals surface area (Å²) in [6.07, 6.45) is 3.17. The molecule has 3 N–H and O–H groups in total. The van der Waals surface area contributed by atoms with Crippen molar-refractivity contribution in [3.05, 3.63) is 11.9 Å². The predicted molar refractivity (Wildman–Crippen MR) is 65.5 cm³/mol. The molecule has 1 atom stereocenters. The number of H-pyrrole nitrogens is 1. The summed E-state index contributed by atoms with van der Waals surface area (Å²) in [5, 5.41) is 7.07. The van der Waals surface area contributed by atoms with E-state index in [1.165, 1.54) is 23.6 Å². The molecule has 0 aromatic carbocycles. The lowest BCUT2D eigenvalue weighted by atomic mass is 10.2. The third kappa shape index (κ3) is 2.29. The van der Waals surface area contributed by atoms with Gasteiger partial charge in [0.15, 0.2) is 0 Å². The van der Waals surface area contributed by atoms with Crippen molar-refractivity contribution in [1.82, 2.24) is 10.2 Å². The Bertz CT molecular complexity index is 306. The molecule has 5 heteroatoms. The fraction of sp³-hybridized carbons (Fsp3) is 0.700. The molecular weight excluding hydrogens is 208 g/mol. The Balaban J connectivity index is 2.15. The highest BCUT2D eigenvalue weighted by Gasteiger charge is 2.24. The molecule has 1 aliphatic heterocycles. The highest BCUT2D eigenvalue weighted by Crippen LogP contribution is 2.27. The molecule has 1 unspecified atom stereocenters. The van der Waals surface area contributed by atoms with Crippen LogP contribution in [0.5, 0.6) is 0 Å². The molecule has 84 valence electrons. The second kappa shape index (κ2) is 4.90. The summed E-state index contributed by atoms with van der Waals surface area (Å²) in [6, 6.07) is 0.634. The molecule has 4 nitrogen and oxygen atoms in total. The molecule has 2 rings (SSSR count). The predicted octanol–water partition coefficient (Wildman–Crippen LogP) is 0.989. The van der Waals surface area contributed by atoms with Crippen LogP contribution in [0.2, 0.25) is 0 Å². The van der Waals surface area contributed by atoms with Gasteiger partial charge in [0, 0.05) is 24.9 Å². The third-order valence-corrected chi connectivity index (χ3v) is 3.97. The van der Waals surface area contributed by atoms with Crippen LogP contribution in [0.15, 0.2) is 6.20 Å². The van der Waals surface area contributed by atoms with Gasteiger partial charge >= 0.3 is 0 Å². The number of hydrogen-bond donors (Lipinski definition) is 2. The van der Waals surface area contributed by atoms with Crippen molar-refractivity contribution in [2.45, 2.75) is 19.4 Å². The zero-order valence-electron chi connectivity index (χ0n) is 9.07. The summed E-state index contributed by atoms with van der Waals surface area (Å²) in [7, 11) is 0. The number of aryl methyl sites for hydroxylation is 1. The van der Waals surface area contributed by atoms with Gasteiger partial charge in [-0.25, -0.2) is 0 Å². The van der Waals surface area contributed by atoms with Crippen LogP contribution in [0.4, 0.5) is 5.69 Å². The number of aromatic nitrogens is 2. The van der Waals surface area contributed by atoms with Crippen LogP contribution in [0.25, 0.3) is 0 Å². The van der Waals surface area contributed by atoms with Gasteiger partial charge in [-0.05, 0) is 19.1 Å². The van der Waals surface area contributed by atoms with Gasteiger partial charge in [-0.1, -0.05) is 0 Å². The summed E-state index contributed by atoms with van der Waals surface area (Å²) in [5.41, 5.74) is 8.03. The molecule has 0 aliphatic carbocycles. The van der Waals surface area contributed by atoms with Gasteiger partial charge in [0.25, 0.3) is 0 Å².